The molecule has 2 amide bonds. The van der Waals surface area contributed by atoms with Gasteiger partial charge in [0.05, 0.1) is 18.2 Å². The minimum absolute atomic E-state index is 0.0338. The van der Waals surface area contributed by atoms with Crippen LogP contribution < -0.4 is 20.3 Å². The molecule has 2 aliphatic carbocycles. The summed E-state index contributed by atoms with van der Waals surface area (Å²) in [5.41, 5.74) is 3.28. The average Bonchev–Trinajstić information content (AvgIpc) is 3.46. The number of nitriles is 1. The lowest BCUT2D eigenvalue weighted by Crippen LogP contribution is -2.42. The summed E-state index contributed by atoms with van der Waals surface area (Å²) in [6.07, 6.45) is 5.38. The fourth-order valence-electron chi connectivity index (χ4n) is 5.89. The van der Waals surface area contributed by atoms with Gasteiger partial charge in [-0.3, -0.25) is 9.69 Å². The summed E-state index contributed by atoms with van der Waals surface area (Å²) in [6.45, 7) is 0.422. The second kappa shape index (κ2) is 8.86. The SMILES string of the molecule is N#Cc1cccc2c1CC(N[C@H]1CC[C@H](C3CN(c4ccc5c(n4)NC(=O)CO5)C(=O)O3)CC1)C2. The Morgan fingerprint density at radius 2 is 1.94 bits per heavy atom. The van der Waals surface area contributed by atoms with Crippen molar-refractivity contribution in [3.8, 4) is 11.8 Å². The van der Waals surface area contributed by atoms with E-state index in [0.29, 0.717) is 41.9 Å². The minimum Gasteiger partial charge on any atom is -0.480 e. The topological polar surface area (TPSA) is 117 Å². The highest BCUT2D eigenvalue weighted by molar-refractivity contribution is 5.95. The maximum absolute atomic E-state index is 12.6. The average molecular weight is 474 g/mol. The summed E-state index contributed by atoms with van der Waals surface area (Å²) in [5, 5.41) is 15.9. The first-order chi connectivity index (χ1) is 17.1. The van der Waals surface area contributed by atoms with E-state index in [0.717, 1.165) is 44.1 Å². The maximum Gasteiger partial charge on any atom is 0.415 e. The van der Waals surface area contributed by atoms with Crippen molar-refractivity contribution >= 4 is 23.6 Å². The summed E-state index contributed by atoms with van der Waals surface area (Å²) in [5.74, 6) is 1.33. The van der Waals surface area contributed by atoms with Crippen LogP contribution in [0.4, 0.5) is 16.4 Å². The number of pyridine rings is 1. The Kier molecular flexibility index (Phi) is 5.53. The van der Waals surface area contributed by atoms with E-state index in [1.54, 1.807) is 17.0 Å². The number of nitrogens with one attached hydrogen (secondary N) is 2. The third-order valence-corrected chi connectivity index (χ3v) is 7.65. The van der Waals surface area contributed by atoms with Crippen molar-refractivity contribution < 1.29 is 19.1 Å². The van der Waals surface area contributed by atoms with Gasteiger partial charge in [0, 0.05) is 12.1 Å². The first-order valence-electron chi connectivity index (χ1n) is 12.3. The number of anilines is 2. The minimum atomic E-state index is -0.400. The van der Waals surface area contributed by atoms with Crippen LogP contribution >= 0.6 is 0 Å². The van der Waals surface area contributed by atoms with E-state index >= 15 is 0 Å². The largest absolute Gasteiger partial charge is 0.480 e. The molecule has 2 atom stereocenters. The van der Waals surface area contributed by atoms with Crippen LogP contribution in [0.2, 0.25) is 0 Å². The fraction of sp³-hybridized carbons (Fsp3) is 0.462. The molecule has 35 heavy (non-hydrogen) atoms. The molecule has 180 valence electrons. The predicted molar refractivity (Wildman–Crippen MR) is 127 cm³/mol. The molecule has 1 aromatic heterocycles. The molecule has 0 radical (unpaired) electrons. The molecule has 9 nitrogen and oxygen atoms in total. The monoisotopic (exact) mass is 473 g/mol. The second-order valence-corrected chi connectivity index (χ2v) is 9.82. The van der Waals surface area contributed by atoms with Crippen LogP contribution in [-0.4, -0.2) is 48.3 Å². The predicted octanol–water partition coefficient (Wildman–Crippen LogP) is 2.93. The van der Waals surface area contributed by atoms with Crippen molar-refractivity contribution in [1.82, 2.24) is 10.3 Å². The summed E-state index contributed by atoms with van der Waals surface area (Å²) in [4.78, 5) is 30.2. The molecule has 2 N–H and O–H groups in total. The number of amides is 2. The van der Waals surface area contributed by atoms with Crippen molar-refractivity contribution in [3.05, 3.63) is 47.0 Å². The van der Waals surface area contributed by atoms with E-state index in [1.165, 1.54) is 11.1 Å². The number of fused-ring (bicyclic) bond motifs is 2. The number of rotatable bonds is 4. The van der Waals surface area contributed by atoms with Gasteiger partial charge < -0.3 is 20.1 Å². The van der Waals surface area contributed by atoms with Crippen molar-refractivity contribution in [2.24, 2.45) is 5.92 Å². The molecule has 2 aliphatic heterocycles. The standard InChI is InChI=1S/C26H27N5O4/c27-12-17-3-1-2-16-10-19(11-20(16)17)28-18-6-4-15(5-7-18)22-13-31(26(33)35-22)23-9-8-21-25(29-23)30-24(32)14-34-21/h1-3,8-9,15,18-19,22,28H,4-7,10-11,13-14H2,(H,29,30,32)/t15-,18-,19?,22?. The number of nitrogens with zero attached hydrogens (tertiary/aromatic N) is 3. The normalized spacial score (nSPS) is 27.3. The van der Waals surface area contributed by atoms with Crippen LogP contribution in [0.1, 0.15) is 42.4 Å². The Balaban J connectivity index is 1.03. The van der Waals surface area contributed by atoms with Crippen molar-refractivity contribution in [3.63, 3.8) is 0 Å². The number of carbonyl (C=O) groups excluding carboxylic acids is 2. The molecule has 2 unspecified atom stereocenters. The molecule has 0 bridgehead atoms. The molecule has 1 aromatic carbocycles. The van der Waals surface area contributed by atoms with Crippen LogP contribution in [0.5, 0.6) is 5.75 Å². The van der Waals surface area contributed by atoms with Gasteiger partial charge in [0.2, 0.25) is 0 Å². The van der Waals surface area contributed by atoms with E-state index in [-0.39, 0.29) is 18.6 Å². The smallest absolute Gasteiger partial charge is 0.415 e. The van der Waals surface area contributed by atoms with Gasteiger partial charge in [-0.05, 0) is 73.8 Å². The zero-order valence-corrected chi connectivity index (χ0v) is 19.3. The molecule has 6 rings (SSSR count). The summed E-state index contributed by atoms with van der Waals surface area (Å²) in [6, 6.07) is 12.6. The van der Waals surface area contributed by atoms with Crippen LogP contribution in [0, 0.1) is 17.2 Å². The number of ether oxygens (including phenoxy) is 2. The molecule has 0 spiro atoms. The number of hydrogen-bond acceptors (Lipinski definition) is 7. The van der Waals surface area contributed by atoms with E-state index in [4.69, 9.17) is 9.47 Å². The summed E-state index contributed by atoms with van der Waals surface area (Å²) in [7, 11) is 0. The third-order valence-electron chi connectivity index (χ3n) is 7.65. The molecule has 3 heterocycles. The van der Waals surface area contributed by atoms with Gasteiger partial charge in [0.25, 0.3) is 5.91 Å². The lowest BCUT2D eigenvalue weighted by Gasteiger charge is -2.33. The van der Waals surface area contributed by atoms with Crippen LogP contribution in [0.15, 0.2) is 30.3 Å². The van der Waals surface area contributed by atoms with E-state index < -0.39 is 6.09 Å². The van der Waals surface area contributed by atoms with Crippen molar-refractivity contribution in [2.75, 3.05) is 23.4 Å². The van der Waals surface area contributed by atoms with Gasteiger partial charge in [0.1, 0.15) is 11.9 Å². The Bertz CT molecular complexity index is 1220. The van der Waals surface area contributed by atoms with E-state index in [9.17, 15) is 14.9 Å². The number of carbonyl (C=O) groups is 2. The first-order valence-corrected chi connectivity index (χ1v) is 12.3. The van der Waals surface area contributed by atoms with Crippen LogP contribution in [0.3, 0.4) is 0 Å². The Hall–Kier alpha value is -3.64. The van der Waals surface area contributed by atoms with E-state index in [2.05, 4.69) is 27.8 Å². The number of cyclic esters (lactones) is 1. The van der Waals surface area contributed by atoms with Crippen LogP contribution in [0.25, 0.3) is 0 Å². The zero-order valence-electron chi connectivity index (χ0n) is 19.3. The molecule has 2 fully saturated rings. The van der Waals surface area contributed by atoms with Gasteiger partial charge in [-0.2, -0.15) is 5.26 Å². The number of aromatic nitrogens is 1. The van der Waals surface area contributed by atoms with Crippen LogP contribution in [-0.2, 0) is 22.4 Å². The molecular weight excluding hydrogens is 446 g/mol. The summed E-state index contributed by atoms with van der Waals surface area (Å²) < 4.78 is 11.1. The Morgan fingerprint density at radius 3 is 2.77 bits per heavy atom. The summed E-state index contributed by atoms with van der Waals surface area (Å²) >= 11 is 0. The fourth-order valence-corrected chi connectivity index (χ4v) is 5.89. The van der Waals surface area contributed by atoms with Gasteiger partial charge >= 0.3 is 6.09 Å². The lowest BCUT2D eigenvalue weighted by atomic mass is 9.82. The van der Waals surface area contributed by atoms with Gasteiger partial charge in [0.15, 0.2) is 18.2 Å². The number of benzene rings is 1. The van der Waals surface area contributed by atoms with Gasteiger partial charge in [-0.1, -0.05) is 12.1 Å². The first kappa shape index (κ1) is 21.9. The Labute approximate surface area is 203 Å². The third kappa shape index (κ3) is 4.19. The van der Waals surface area contributed by atoms with Gasteiger partial charge in [-0.15, -0.1) is 0 Å². The quantitative estimate of drug-likeness (QED) is 0.701. The molecule has 1 saturated carbocycles. The molecule has 4 aliphatic rings. The van der Waals surface area contributed by atoms with Crippen molar-refractivity contribution in [2.45, 2.75) is 56.7 Å². The molecule has 2 aromatic rings. The molecule has 1 saturated heterocycles. The zero-order chi connectivity index (χ0) is 23.9. The number of hydrogen-bond donors (Lipinski definition) is 2. The van der Waals surface area contributed by atoms with Gasteiger partial charge in [-0.25, -0.2) is 9.78 Å². The van der Waals surface area contributed by atoms with E-state index in [1.807, 2.05) is 12.1 Å². The highest BCUT2D eigenvalue weighted by Crippen LogP contribution is 2.35. The van der Waals surface area contributed by atoms with Crippen molar-refractivity contribution in [1.29, 1.82) is 5.26 Å². The lowest BCUT2D eigenvalue weighted by molar-refractivity contribution is -0.118. The molecular formula is C26H27N5O4. The second-order valence-electron chi connectivity index (χ2n) is 9.82. The highest BCUT2D eigenvalue weighted by Gasteiger charge is 2.40. The molecule has 9 heteroatoms. The maximum atomic E-state index is 12.6. The Morgan fingerprint density at radius 1 is 1.09 bits per heavy atom. The highest BCUT2D eigenvalue weighted by atomic mass is 16.6.